The lowest BCUT2D eigenvalue weighted by Crippen LogP contribution is -2.52. The number of carbonyl (C=O) groups excluding carboxylic acids is 1. The van der Waals surface area contributed by atoms with Gasteiger partial charge in [0.2, 0.25) is 15.9 Å². The molecule has 0 radical (unpaired) electrons. The van der Waals surface area contributed by atoms with Gasteiger partial charge in [0.15, 0.2) is 0 Å². The topological polar surface area (TPSA) is 66.9 Å². The van der Waals surface area contributed by atoms with Crippen molar-refractivity contribution in [3.8, 4) is 5.75 Å². The Morgan fingerprint density at radius 3 is 2.47 bits per heavy atom. The number of carbonyl (C=O) groups is 1. The highest BCUT2D eigenvalue weighted by atomic mass is 35.5. The highest BCUT2D eigenvalue weighted by Gasteiger charge is 2.31. The number of halogens is 1. The predicted octanol–water partition coefficient (Wildman–Crippen LogP) is 3.37. The van der Waals surface area contributed by atoms with Crippen LogP contribution in [0.2, 0.25) is 5.02 Å². The van der Waals surface area contributed by atoms with E-state index in [2.05, 4.69) is 0 Å². The van der Waals surface area contributed by atoms with Crippen LogP contribution in [0.4, 0.5) is 0 Å². The second-order valence-corrected chi connectivity index (χ2v) is 10.7. The number of nitrogens with zero attached hydrogens (tertiary/aromatic N) is 2. The molecular formula is C21H25ClN2O4S2. The highest BCUT2D eigenvalue weighted by molar-refractivity contribution is 8.00. The fraction of sp³-hybridized carbons (Fsp3) is 0.381. The number of amides is 1. The third kappa shape index (κ3) is 5.91. The van der Waals surface area contributed by atoms with E-state index in [-0.39, 0.29) is 16.1 Å². The van der Waals surface area contributed by atoms with Crippen LogP contribution in [0.15, 0.2) is 59.5 Å². The van der Waals surface area contributed by atoms with E-state index in [0.29, 0.717) is 49.3 Å². The van der Waals surface area contributed by atoms with Gasteiger partial charge in [-0.1, -0.05) is 35.9 Å². The van der Waals surface area contributed by atoms with E-state index < -0.39 is 10.0 Å². The molecule has 1 fully saturated rings. The molecule has 1 unspecified atom stereocenters. The Labute approximate surface area is 187 Å². The van der Waals surface area contributed by atoms with Crippen LogP contribution < -0.4 is 4.74 Å². The molecule has 2 aromatic rings. The summed E-state index contributed by atoms with van der Waals surface area (Å²) in [5.74, 6) is 1.40. The largest absolute Gasteiger partial charge is 0.493 e. The van der Waals surface area contributed by atoms with E-state index >= 15 is 0 Å². The minimum Gasteiger partial charge on any atom is -0.493 e. The zero-order valence-corrected chi connectivity index (χ0v) is 19.1. The van der Waals surface area contributed by atoms with Gasteiger partial charge in [0.1, 0.15) is 5.75 Å². The maximum Gasteiger partial charge on any atom is 0.243 e. The maximum atomic E-state index is 12.7. The Morgan fingerprint density at radius 1 is 1.10 bits per heavy atom. The molecule has 0 spiro atoms. The number of ether oxygens (including phenoxy) is 1. The molecule has 0 N–H and O–H groups in total. The normalized spacial score (nSPS) is 16.3. The molecule has 1 amide bonds. The van der Waals surface area contributed by atoms with Crippen LogP contribution in [0.1, 0.15) is 6.92 Å². The third-order valence-corrected chi connectivity index (χ3v) is 8.05. The summed E-state index contributed by atoms with van der Waals surface area (Å²) < 4.78 is 32.5. The Hall–Kier alpha value is -1.74. The summed E-state index contributed by atoms with van der Waals surface area (Å²) >= 11 is 7.46. The van der Waals surface area contributed by atoms with Gasteiger partial charge in [-0.05, 0) is 37.3 Å². The van der Waals surface area contributed by atoms with Crippen molar-refractivity contribution in [1.29, 1.82) is 0 Å². The average molecular weight is 469 g/mol. The van der Waals surface area contributed by atoms with E-state index in [1.54, 1.807) is 47.4 Å². The molecule has 0 saturated carbocycles. The first kappa shape index (κ1) is 22.9. The highest BCUT2D eigenvalue weighted by Crippen LogP contribution is 2.21. The number of thioether (sulfide) groups is 1. The lowest BCUT2D eigenvalue weighted by molar-refractivity contribution is -0.131. The fourth-order valence-electron chi connectivity index (χ4n) is 3.16. The second-order valence-electron chi connectivity index (χ2n) is 6.86. The van der Waals surface area contributed by atoms with Crippen LogP contribution in [0.25, 0.3) is 0 Å². The number of rotatable bonds is 8. The van der Waals surface area contributed by atoms with Crippen molar-refractivity contribution in [3.63, 3.8) is 0 Å². The molecule has 1 heterocycles. The Bertz CT molecular complexity index is 948. The summed E-state index contributed by atoms with van der Waals surface area (Å²) in [6.07, 6.45) is 0. The first-order chi connectivity index (χ1) is 14.4. The molecule has 1 atom stereocenters. The molecule has 0 bridgehead atoms. The standard InChI is InChI=1S/C21H25ClN2O4S2/c1-17(29-15-14-28-19-7-5-6-18(22)16-19)21(25)23-10-12-24(13-11-23)30(26,27)20-8-3-2-4-9-20/h2-9,16-17H,10-15H2,1H3. The number of hydrogen-bond acceptors (Lipinski definition) is 5. The second kappa shape index (κ2) is 10.5. The SMILES string of the molecule is CC(SCCOc1cccc(Cl)c1)C(=O)N1CCN(S(=O)(=O)c2ccccc2)CC1. The van der Waals surface area contributed by atoms with Crippen molar-refractivity contribution >= 4 is 39.3 Å². The number of sulfonamides is 1. The van der Waals surface area contributed by atoms with E-state index in [1.165, 1.54) is 16.1 Å². The minimum absolute atomic E-state index is 0.0273. The molecule has 162 valence electrons. The number of piperazine rings is 1. The molecule has 2 aromatic carbocycles. The molecular weight excluding hydrogens is 444 g/mol. The van der Waals surface area contributed by atoms with E-state index in [1.807, 2.05) is 19.1 Å². The van der Waals surface area contributed by atoms with E-state index in [9.17, 15) is 13.2 Å². The summed E-state index contributed by atoms with van der Waals surface area (Å²) in [5, 5.41) is 0.405. The van der Waals surface area contributed by atoms with Crippen LogP contribution in [-0.2, 0) is 14.8 Å². The number of benzene rings is 2. The molecule has 0 aromatic heterocycles. The smallest absolute Gasteiger partial charge is 0.243 e. The average Bonchev–Trinajstić information content (AvgIpc) is 2.77. The molecule has 0 aliphatic carbocycles. The van der Waals surface area contributed by atoms with Crippen molar-refractivity contribution in [3.05, 3.63) is 59.6 Å². The lowest BCUT2D eigenvalue weighted by Gasteiger charge is -2.35. The third-order valence-electron chi connectivity index (χ3n) is 4.80. The van der Waals surface area contributed by atoms with Gasteiger partial charge in [0.25, 0.3) is 0 Å². The quantitative estimate of drug-likeness (QED) is 0.555. The molecule has 1 aliphatic heterocycles. The van der Waals surface area contributed by atoms with Crippen LogP contribution in [0, 0.1) is 0 Å². The van der Waals surface area contributed by atoms with Crippen LogP contribution in [-0.4, -0.2) is 67.3 Å². The molecule has 1 saturated heterocycles. The summed E-state index contributed by atoms with van der Waals surface area (Å²) in [6.45, 7) is 3.76. The van der Waals surface area contributed by atoms with E-state index in [4.69, 9.17) is 16.3 Å². The van der Waals surface area contributed by atoms with Gasteiger partial charge < -0.3 is 9.64 Å². The first-order valence-electron chi connectivity index (χ1n) is 9.72. The van der Waals surface area contributed by atoms with Gasteiger partial charge in [-0.25, -0.2) is 8.42 Å². The Balaban J connectivity index is 1.43. The van der Waals surface area contributed by atoms with Gasteiger partial charge in [-0.15, -0.1) is 11.8 Å². The van der Waals surface area contributed by atoms with Crippen molar-refractivity contribution in [2.75, 3.05) is 38.5 Å². The minimum atomic E-state index is -3.51. The van der Waals surface area contributed by atoms with Crippen LogP contribution in [0.3, 0.4) is 0 Å². The molecule has 6 nitrogen and oxygen atoms in total. The molecule has 30 heavy (non-hydrogen) atoms. The van der Waals surface area contributed by atoms with Gasteiger partial charge in [-0.2, -0.15) is 4.31 Å². The summed E-state index contributed by atoms with van der Waals surface area (Å²) in [6, 6.07) is 15.6. The molecule has 9 heteroatoms. The molecule has 3 rings (SSSR count). The number of hydrogen-bond donors (Lipinski definition) is 0. The summed E-state index contributed by atoms with van der Waals surface area (Å²) in [7, 11) is -3.51. The van der Waals surface area contributed by atoms with Crippen molar-refractivity contribution < 1.29 is 17.9 Å². The Morgan fingerprint density at radius 2 is 1.80 bits per heavy atom. The zero-order chi connectivity index (χ0) is 21.6. The summed E-state index contributed by atoms with van der Waals surface area (Å²) in [5.41, 5.74) is 0. The summed E-state index contributed by atoms with van der Waals surface area (Å²) in [4.78, 5) is 14.7. The van der Waals surface area contributed by atoms with Crippen molar-refractivity contribution in [2.45, 2.75) is 17.1 Å². The van der Waals surface area contributed by atoms with Crippen molar-refractivity contribution in [1.82, 2.24) is 9.21 Å². The fourth-order valence-corrected chi connectivity index (χ4v) is 5.61. The van der Waals surface area contributed by atoms with Gasteiger partial charge >= 0.3 is 0 Å². The first-order valence-corrected chi connectivity index (χ1v) is 12.6. The van der Waals surface area contributed by atoms with E-state index in [0.717, 1.165) is 0 Å². The lowest BCUT2D eigenvalue weighted by atomic mass is 10.3. The zero-order valence-electron chi connectivity index (χ0n) is 16.7. The van der Waals surface area contributed by atoms with Crippen LogP contribution in [0.5, 0.6) is 5.75 Å². The maximum absolute atomic E-state index is 12.7. The Kier molecular flexibility index (Phi) is 8.05. The van der Waals surface area contributed by atoms with Gasteiger partial charge in [0.05, 0.1) is 16.8 Å². The van der Waals surface area contributed by atoms with Crippen LogP contribution >= 0.6 is 23.4 Å². The van der Waals surface area contributed by atoms with Crippen molar-refractivity contribution in [2.24, 2.45) is 0 Å². The van der Waals surface area contributed by atoms with Gasteiger partial charge in [0, 0.05) is 37.0 Å². The van der Waals surface area contributed by atoms with Gasteiger partial charge in [-0.3, -0.25) is 4.79 Å². The predicted molar refractivity (Wildman–Crippen MR) is 121 cm³/mol. The monoisotopic (exact) mass is 468 g/mol. The molecule has 1 aliphatic rings.